The van der Waals surface area contributed by atoms with Crippen LogP contribution >= 0.6 is 23.2 Å². The second kappa shape index (κ2) is 8.48. The molecular formula is C23H16Cl2F3NO4S. The van der Waals surface area contributed by atoms with E-state index in [2.05, 4.69) is 9.17 Å². The van der Waals surface area contributed by atoms with Gasteiger partial charge >= 0.3 is 15.6 Å². The summed E-state index contributed by atoms with van der Waals surface area (Å²) in [4.78, 5) is 4.54. The van der Waals surface area contributed by atoms with Gasteiger partial charge in [0.15, 0.2) is 5.76 Å². The predicted octanol–water partition coefficient (Wildman–Crippen LogP) is 7.10. The normalized spacial score (nSPS) is 15.2. The average Bonchev–Trinajstić information content (AvgIpc) is 2.72. The number of hydrogen-bond donors (Lipinski definition) is 0. The third kappa shape index (κ3) is 4.73. The number of hydrogen-bond acceptors (Lipinski definition) is 5. The first-order chi connectivity index (χ1) is 15.8. The number of benzene rings is 2. The zero-order valence-electron chi connectivity index (χ0n) is 17.7. The number of halogens is 5. The van der Waals surface area contributed by atoms with Crippen LogP contribution in [-0.4, -0.2) is 24.5 Å². The molecule has 0 spiro atoms. The minimum absolute atomic E-state index is 0.0621. The number of rotatable bonds is 4. The zero-order valence-corrected chi connectivity index (χ0v) is 20.0. The summed E-state index contributed by atoms with van der Waals surface area (Å²) in [6, 6.07) is 15.0. The molecule has 4 rings (SSSR count). The van der Waals surface area contributed by atoms with E-state index in [4.69, 9.17) is 27.9 Å². The molecule has 0 radical (unpaired) electrons. The summed E-state index contributed by atoms with van der Waals surface area (Å²) in [5.74, 6) is -0.649. The Balaban J connectivity index is 1.98. The lowest BCUT2D eigenvalue weighted by Gasteiger charge is -2.30. The van der Waals surface area contributed by atoms with Gasteiger partial charge in [0.05, 0.1) is 11.3 Å². The van der Waals surface area contributed by atoms with E-state index in [-0.39, 0.29) is 11.4 Å². The average molecular weight is 530 g/mol. The minimum Gasteiger partial charge on any atom is -0.467 e. The van der Waals surface area contributed by atoms with Crippen LogP contribution in [0.25, 0.3) is 28.1 Å². The largest absolute Gasteiger partial charge is 0.534 e. The molecule has 2 aromatic carbocycles. The number of pyridine rings is 1. The molecule has 1 aliphatic heterocycles. The van der Waals surface area contributed by atoms with Crippen LogP contribution in [0.15, 0.2) is 60.7 Å². The molecule has 1 aliphatic rings. The lowest BCUT2D eigenvalue weighted by atomic mass is 9.95. The van der Waals surface area contributed by atoms with Crippen molar-refractivity contribution in [2.75, 3.05) is 0 Å². The molecule has 0 N–H and O–H groups in total. The maximum Gasteiger partial charge on any atom is 0.534 e. The highest BCUT2D eigenvalue weighted by Gasteiger charge is 2.49. The third-order valence-corrected chi connectivity index (χ3v) is 6.41. The molecule has 0 saturated heterocycles. The van der Waals surface area contributed by atoms with Crippen LogP contribution in [-0.2, 0) is 14.3 Å². The Labute approximate surface area is 203 Å². The fourth-order valence-electron chi connectivity index (χ4n) is 3.37. The Hall–Kier alpha value is -2.75. The molecule has 0 atom stereocenters. The van der Waals surface area contributed by atoms with Crippen LogP contribution in [0, 0.1) is 0 Å². The van der Waals surface area contributed by atoms with Crippen LogP contribution in [0.4, 0.5) is 13.2 Å². The van der Waals surface area contributed by atoms with Gasteiger partial charge in [0.2, 0.25) is 5.88 Å². The van der Waals surface area contributed by atoms with Gasteiger partial charge < -0.3 is 8.92 Å². The summed E-state index contributed by atoms with van der Waals surface area (Å²) in [5, 5.41) is 0.853. The summed E-state index contributed by atoms with van der Waals surface area (Å²) in [6.45, 7) is 3.06. The molecule has 178 valence electrons. The van der Waals surface area contributed by atoms with Gasteiger partial charge in [-0.1, -0.05) is 53.5 Å². The lowest BCUT2D eigenvalue weighted by molar-refractivity contribution is -0.0510. The first kappa shape index (κ1) is 24.4. The molecular weight excluding hydrogens is 514 g/mol. The van der Waals surface area contributed by atoms with E-state index in [1.54, 1.807) is 48.5 Å². The molecule has 0 fully saturated rings. The first-order valence-electron chi connectivity index (χ1n) is 9.76. The van der Waals surface area contributed by atoms with Crippen LogP contribution in [0.5, 0.6) is 5.88 Å². The van der Waals surface area contributed by atoms with Gasteiger partial charge in [-0.15, -0.1) is 0 Å². The summed E-state index contributed by atoms with van der Waals surface area (Å²) in [5.41, 5.74) is -4.91. The van der Waals surface area contributed by atoms with Crippen LogP contribution in [0.2, 0.25) is 10.0 Å². The predicted molar refractivity (Wildman–Crippen MR) is 124 cm³/mol. The SMILES string of the molecule is CC1(C)C=C(OS(=O)(=O)C(F)(F)F)c2cc(-c3ccc(Cl)cc3)c(-c3ccccc3Cl)nc2O1. The quantitative estimate of drug-likeness (QED) is 0.266. The van der Waals surface area contributed by atoms with Gasteiger partial charge in [-0.2, -0.15) is 21.6 Å². The van der Waals surface area contributed by atoms with Crippen molar-refractivity contribution in [2.45, 2.75) is 25.0 Å². The summed E-state index contributed by atoms with van der Waals surface area (Å²) in [7, 11) is -5.93. The molecule has 11 heteroatoms. The van der Waals surface area contributed by atoms with Gasteiger partial charge in [-0.3, -0.25) is 0 Å². The number of aromatic nitrogens is 1. The van der Waals surface area contributed by atoms with Crippen molar-refractivity contribution in [2.24, 2.45) is 0 Å². The topological polar surface area (TPSA) is 65.5 Å². The molecule has 0 aliphatic carbocycles. The molecule has 3 aromatic rings. The molecule has 34 heavy (non-hydrogen) atoms. The maximum atomic E-state index is 13.1. The summed E-state index contributed by atoms with van der Waals surface area (Å²) < 4.78 is 73.1. The molecule has 1 aromatic heterocycles. The molecule has 0 saturated carbocycles. The van der Waals surface area contributed by atoms with E-state index in [9.17, 15) is 21.6 Å². The van der Waals surface area contributed by atoms with Crippen LogP contribution in [0.3, 0.4) is 0 Å². The zero-order chi connectivity index (χ0) is 24.9. The Morgan fingerprint density at radius 1 is 0.971 bits per heavy atom. The Morgan fingerprint density at radius 2 is 1.62 bits per heavy atom. The van der Waals surface area contributed by atoms with Crippen molar-refractivity contribution >= 4 is 39.1 Å². The number of nitrogens with zero attached hydrogens (tertiary/aromatic N) is 1. The highest BCUT2D eigenvalue weighted by Crippen LogP contribution is 2.44. The smallest absolute Gasteiger partial charge is 0.467 e. The Kier molecular flexibility index (Phi) is 6.08. The third-order valence-electron chi connectivity index (χ3n) is 4.86. The molecule has 0 bridgehead atoms. The van der Waals surface area contributed by atoms with Gasteiger partial charge in [-0.05, 0) is 43.7 Å². The fourth-order valence-corrected chi connectivity index (χ4v) is 4.19. The van der Waals surface area contributed by atoms with Gasteiger partial charge in [0, 0.05) is 27.2 Å². The maximum absolute atomic E-state index is 13.1. The lowest BCUT2D eigenvalue weighted by Crippen LogP contribution is -2.32. The van der Waals surface area contributed by atoms with Crippen molar-refractivity contribution in [3.05, 3.63) is 76.3 Å². The standard InChI is InChI=1S/C23H16Cl2F3NO4S/c1-22(2)12-19(33-34(30,31)23(26,27)28)17-11-16(13-7-9-14(24)10-8-13)20(29-21(17)32-22)15-5-3-4-6-18(15)25/h3-12H,1-2H3. The monoisotopic (exact) mass is 529 g/mol. The van der Waals surface area contributed by atoms with Gasteiger partial charge in [0.25, 0.3) is 0 Å². The number of alkyl halides is 3. The minimum atomic E-state index is -5.93. The van der Waals surface area contributed by atoms with Crippen LogP contribution in [0.1, 0.15) is 19.4 Å². The van der Waals surface area contributed by atoms with Crippen molar-refractivity contribution in [1.82, 2.24) is 4.98 Å². The van der Waals surface area contributed by atoms with Gasteiger partial charge in [-0.25, -0.2) is 4.98 Å². The van der Waals surface area contributed by atoms with Crippen molar-refractivity contribution in [3.8, 4) is 28.3 Å². The second-order valence-corrected chi connectivity index (χ2v) is 10.3. The Bertz CT molecular complexity index is 1400. The van der Waals surface area contributed by atoms with Gasteiger partial charge in [0.1, 0.15) is 5.60 Å². The van der Waals surface area contributed by atoms with E-state index in [1.165, 1.54) is 19.9 Å². The van der Waals surface area contributed by atoms with E-state index < -0.39 is 27.0 Å². The highest BCUT2D eigenvalue weighted by molar-refractivity contribution is 7.87. The van der Waals surface area contributed by atoms with Crippen LogP contribution < -0.4 is 4.74 Å². The summed E-state index contributed by atoms with van der Waals surface area (Å²) in [6.07, 6.45) is 1.15. The van der Waals surface area contributed by atoms with Crippen molar-refractivity contribution in [3.63, 3.8) is 0 Å². The molecule has 0 unspecified atom stereocenters. The fraction of sp³-hybridized carbons (Fsp3) is 0.174. The Morgan fingerprint density at radius 3 is 2.24 bits per heavy atom. The van der Waals surface area contributed by atoms with E-state index >= 15 is 0 Å². The van der Waals surface area contributed by atoms with E-state index in [0.717, 1.165) is 6.08 Å². The molecule has 0 amide bonds. The highest BCUT2D eigenvalue weighted by atomic mass is 35.5. The first-order valence-corrected chi connectivity index (χ1v) is 11.9. The van der Waals surface area contributed by atoms with E-state index in [1.807, 2.05) is 0 Å². The number of fused-ring (bicyclic) bond motifs is 1. The van der Waals surface area contributed by atoms with Crippen molar-refractivity contribution in [1.29, 1.82) is 0 Å². The summed E-state index contributed by atoms with van der Waals surface area (Å²) >= 11 is 12.4. The second-order valence-electron chi connectivity index (χ2n) is 7.92. The van der Waals surface area contributed by atoms with Crippen molar-refractivity contribution < 1.29 is 30.5 Å². The number of ether oxygens (including phenoxy) is 1. The van der Waals surface area contributed by atoms with E-state index in [0.29, 0.717) is 32.4 Å². The molecule has 2 heterocycles. The molecule has 5 nitrogen and oxygen atoms in total.